The van der Waals surface area contributed by atoms with Gasteiger partial charge in [0.2, 0.25) is 0 Å². The van der Waals surface area contributed by atoms with Crippen LogP contribution in [0.4, 0.5) is 5.69 Å². The summed E-state index contributed by atoms with van der Waals surface area (Å²) in [5.74, 6) is 0. The Bertz CT molecular complexity index is 559. The van der Waals surface area contributed by atoms with Crippen LogP contribution in [0.15, 0.2) is 30.9 Å². The first-order chi connectivity index (χ1) is 9.29. The molecule has 0 bridgehead atoms. The second kappa shape index (κ2) is 6.76. The second-order valence-electron chi connectivity index (χ2n) is 4.14. The van der Waals surface area contributed by atoms with Gasteiger partial charge in [0.05, 0.1) is 11.3 Å². The molecule has 1 N–H and O–H groups in total. The average molecular weight is 276 g/mol. The van der Waals surface area contributed by atoms with Gasteiger partial charge in [0.25, 0.3) is 0 Å². The quantitative estimate of drug-likeness (QED) is 0.823. The van der Waals surface area contributed by atoms with Crippen LogP contribution in [0.2, 0.25) is 5.02 Å². The Labute approximate surface area is 116 Å². The maximum absolute atomic E-state index is 9.00. The van der Waals surface area contributed by atoms with Gasteiger partial charge in [-0.25, -0.2) is 0 Å². The van der Waals surface area contributed by atoms with Gasteiger partial charge in [-0.3, -0.25) is 0 Å². The highest BCUT2D eigenvalue weighted by atomic mass is 35.5. The molecule has 0 saturated heterocycles. The normalized spacial score (nSPS) is 10.1. The summed E-state index contributed by atoms with van der Waals surface area (Å²) in [5, 5.41) is 20.3. The van der Waals surface area contributed by atoms with Gasteiger partial charge in [0.1, 0.15) is 18.7 Å². The number of nitrogens with zero attached hydrogens (tertiary/aromatic N) is 4. The number of nitrogens with one attached hydrogen (secondary N) is 1. The number of benzene rings is 1. The van der Waals surface area contributed by atoms with E-state index < -0.39 is 0 Å². The fraction of sp³-hybridized carbons (Fsp3) is 0.308. The second-order valence-corrected chi connectivity index (χ2v) is 4.57. The predicted octanol–water partition coefficient (Wildman–Crippen LogP) is 2.70. The fourth-order valence-electron chi connectivity index (χ4n) is 1.74. The third-order valence-electron chi connectivity index (χ3n) is 2.73. The molecule has 0 atom stereocenters. The lowest BCUT2D eigenvalue weighted by Gasteiger charge is -2.08. The lowest BCUT2D eigenvalue weighted by atomic mass is 10.2. The van der Waals surface area contributed by atoms with E-state index in [1.54, 1.807) is 24.8 Å². The van der Waals surface area contributed by atoms with E-state index in [-0.39, 0.29) is 0 Å². The zero-order valence-corrected chi connectivity index (χ0v) is 11.1. The molecule has 0 saturated carbocycles. The molecule has 0 aliphatic heterocycles. The SMILES string of the molecule is N#Cc1cc(Cl)ccc1NCCCCn1cnnc1. The summed E-state index contributed by atoms with van der Waals surface area (Å²) in [4.78, 5) is 0. The topological polar surface area (TPSA) is 66.5 Å². The molecule has 1 aromatic heterocycles. The third-order valence-corrected chi connectivity index (χ3v) is 2.96. The highest BCUT2D eigenvalue weighted by Gasteiger charge is 2.01. The van der Waals surface area contributed by atoms with Crippen molar-refractivity contribution in [2.45, 2.75) is 19.4 Å². The van der Waals surface area contributed by atoms with Crippen LogP contribution in [0.1, 0.15) is 18.4 Å². The molecule has 0 unspecified atom stereocenters. The van der Waals surface area contributed by atoms with Crippen molar-refractivity contribution in [1.29, 1.82) is 5.26 Å². The zero-order valence-electron chi connectivity index (χ0n) is 10.4. The molecule has 0 aliphatic rings. The smallest absolute Gasteiger partial charge is 0.119 e. The van der Waals surface area contributed by atoms with Crippen molar-refractivity contribution >= 4 is 17.3 Å². The molecule has 5 nitrogen and oxygen atoms in total. The van der Waals surface area contributed by atoms with Gasteiger partial charge in [0, 0.05) is 18.1 Å². The highest BCUT2D eigenvalue weighted by Crippen LogP contribution is 2.19. The van der Waals surface area contributed by atoms with Crippen LogP contribution in [0, 0.1) is 11.3 Å². The Kier molecular flexibility index (Phi) is 4.76. The summed E-state index contributed by atoms with van der Waals surface area (Å²) in [6.07, 6.45) is 5.45. The van der Waals surface area contributed by atoms with E-state index in [0.29, 0.717) is 10.6 Å². The molecule has 0 amide bonds. The van der Waals surface area contributed by atoms with Crippen molar-refractivity contribution in [3.05, 3.63) is 41.4 Å². The Hall–Kier alpha value is -2.06. The molecule has 1 heterocycles. The standard InChI is InChI=1S/C13H14ClN5/c14-12-3-4-13(11(7-12)8-15)16-5-1-2-6-19-9-17-18-10-19/h3-4,7,9-10,16H,1-2,5-6H2. The number of unbranched alkanes of at least 4 members (excludes halogenated alkanes) is 1. The van der Waals surface area contributed by atoms with Gasteiger partial charge < -0.3 is 9.88 Å². The minimum Gasteiger partial charge on any atom is -0.384 e. The Morgan fingerprint density at radius 1 is 1.26 bits per heavy atom. The van der Waals surface area contributed by atoms with E-state index >= 15 is 0 Å². The lowest BCUT2D eigenvalue weighted by molar-refractivity contribution is 0.619. The molecule has 1 aromatic carbocycles. The number of rotatable bonds is 6. The van der Waals surface area contributed by atoms with Gasteiger partial charge in [-0.15, -0.1) is 10.2 Å². The molecule has 19 heavy (non-hydrogen) atoms. The number of anilines is 1. The van der Waals surface area contributed by atoms with E-state index in [4.69, 9.17) is 16.9 Å². The third kappa shape index (κ3) is 3.97. The molecule has 0 radical (unpaired) electrons. The maximum atomic E-state index is 9.00. The van der Waals surface area contributed by atoms with Crippen LogP contribution in [-0.2, 0) is 6.54 Å². The Morgan fingerprint density at radius 3 is 2.79 bits per heavy atom. The van der Waals surface area contributed by atoms with Gasteiger partial charge >= 0.3 is 0 Å². The van der Waals surface area contributed by atoms with Gasteiger partial charge in [-0.05, 0) is 31.0 Å². The van der Waals surface area contributed by atoms with Crippen molar-refractivity contribution in [3.8, 4) is 6.07 Å². The number of hydrogen-bond donors (Lipinski definition) is 1. The first kappa shape index (κ1) is 13.4. The van der Waals surface area contributed by atoms with Crippen molar-refractivity contribution in [2.24, 2.45) is 0 Å². The van der Waals surface area contributed by atoms with E-state index in [9.17, 15) is 0 Å². The molecule has 98 valence electrons. The van der Waals surface area contributed by atoms with Crippen LogP contribution in [-0.4, -0.2) is 21.3 Å². The van der Waals surface area contributed by atoms with Gasteiger partial charge in [0.15, 0.2) is 0 Å². The molecule has 6 heteroatoms. The van der Waals surface area contributed by atoms with E-state index in [2.05, 4.69) is 21.6 Å². The van der Waals surface area contributed by atoms with E-state index in [1.807, 2.05) is 10.6 Å². The van der Waals surface area contributed by atoms with Crippen LogP contribution in [0.3, 0.4) is 0 Å². The van der Waals surface area contributed by atoms with Crippen LogP contribution < -0.4 is 5.32 Å². The highest BCUT2D eigenvalue weighted by molar-refractivity contribution is 6.30. The maximum Gasteiger partial charge on any atom is 0.119 e. The number of aryl methyl sites for hydroxylation is 1. The fourth-order valence-corrected chi connectivity index (χ4v) is 1.92. The van der Waals surface area contributed by atoms with Crippen molar-refractivity contribution < 1.29 is 0 Å². The van der Waals surface area contributed by atoms with Crippen LogP contribution in [0.25, 0.3) is 0 Å². The Balaban J connectivity index is 1.75. The van der Waals surface area contributed by atoms with Crippen LogP contribution in [0.5, 0.6) is 0 Å². The van der Waals surface area contributed by atoms with E-state index in [1.165, 1.54) is 0 Å². The first-order valence-corrected chi connectivity index (χ1v) is 6.43. The summed E-state index contributed by atoms with van der Waals surface area (Å²) < 4.78 is 1.95. The molecule has 0 aliphatic carbocycles. The zero-order chi connectivity index (χ0) is 13.5. The average Bonchev–Trinajstić information content (AvgIpc) is 2.93. The molecule has 2 rings (SSSR count). The summed E-state index contributed by atoms with van der Waals surface area (Å²) in [6, 6.07) is 7.41. The number of nitriles is 1. The monoisotopic (exact) mass is 275 g/mol. The number of aromatic nitrogens is 3. The first-order valence-electron chi connectivity index (χ1n) is 6.05. The van der Waals surface area contributed by atoms with E-state index in [0.717, 1.165) is 31.6 Å². The van der Waals surface area contributed by atoms with Crippen molar-refractivity contribution in [1.82, 2.24) is 14.8 Å². The predicted molar refractivity (Wildman–Crippen MR) is 73.9 cm³/mol. The number of halogens is 1. The van der Waals surface area contributed by atoms with Crippen molar-refractivity contribution in [3.63, 3.8) is 0 Å². The van der Waals surface area contributed by atoms with Crippen molar-refractivity contribution in [2.75, 3.05) is 11.9 Å². The summed E-state index contributed by atoms with van der Waals surface area (Å²) >= 11 is 5.84. The minimum absolute atomic E-state index is 0.575. The molecule has 0 spiro atoms. The lowest BCUT2D eigenvalue weighted by Crippen LogP contribution is -2.05. The molecular formula is C13H14ClN5. The summed E-state index contributed by atoms with van der Waals surface area (Å²) in [6.45, 7) is 1.72. The Morgan fingerprint density at radius 2 is 2.05 bits per heavy atom. The molecule has 0 fully saturated rings. The molecular weight excluding hydrogens is 262 g/mol. The minimum atomic E-state index is 0.575. The molecule has 2 aromatic rings. The van der Waals surface area contributed by atoms with Gasteiger partial charge in [-0.2, -0.15) is 5.26 Å². The largest absolute Gasteiger partial charge is 0.384 e. The summed E-state index contributed by atoms with van der Waals surface area (Å²) in [7, 11) is 0. The van der Waals surface area contributed by atoms with Gasteiger partial charge in [-0.1, -0.05) is 11.6 Å². The summed E-state index contributed by atoms with van der Waals surface area (Å²) in [5.41, 5.74) is 1.41. The van der Waals surface area contributed by atoms with Crippen LogP contribution >= 0.6 is 11.6 Å². The number of hydrogen-bond acceptors (Lipinski definition) is 4.